The number of carboxylic acids is 1. The van der Waals surface area contributed by atoms with Gasteiger partial charge in [-0.2, -0.15) is 5.10 Å². The lowest BCUT2D eigenvalue weighted by Crippen LogP contribution is -2.45. The van der Waals surface area contributed by atoms with E-state index in [1.54, 1.807) is 18.2 Å². The minimum atomic E-state index is -0.844. The molecule has 2 aliphatic heterocycles. The Morgan fingerprint density at radius 2 is 2.06 bits per heavy atom. The van der Waals surface area contributed by atoms with E-state index in [1.807, 2.05) is 10.9 Å². The Balaban J connectivity index is 1.36. The molecule has 2 aromatic rings. The Hall–Kier alpha value is -2.74. The van der Waals surface area contributed by atoms with Gasteiger partial charge in [0.1, 0.15) is 11.9 Å². The lowest BCUT2D eigenvalue weighted by molar-refractivity contribution is -0.155. The van der Waals surface area contributed by atoms with Crippen LogP contribution in [0.25, 0.3) is 0 Å². The molecule has 1 saturated heterocycles. The molecule has 0 spiro atoms. The second kappa shape index (κ2) is 9.40. The van der Waals surface area contributed by atoms with Crippen LogP contribution in [0.2, 0.25) is 0 Å². The molecule has 4 rings (SSSR count). The molecule has 2 aliphatic rings. The second-order valence-electron chi connectivity index (χ2n) is 8.99. The Bertz CT molecular complexity index is 995. The maximum Gasteiger partial charge on any atom is 0.309 e. The van der Waals surface area contributed by atoms with E-state index in [0.717, 1.165) is 19.5 Å². The lowest BCUT2D eigenvalue weighted by Gasteiger charge is -2.39. The topological polar surface area (TPSA) is 80.0 Å². The number of aromatic nitrogens is 2. The number of aliphatic carboxylic acids is 1. The Kier molecular flexibility index (Phi) is 6.60. The normalized spacial score (nSPS) is 20.7. The number of hydrogen-bond donors (Lipinski definition) is 1. The number of carbonyl (C=O) groups is 1. The van der Waals surface area contributed by atoms with Crippen molar-refractivity contribution < 1.29 is 19.1 Å². The molecule has 0 aliphatic carbocycles. The smallest absolute Gasteiger partial charge is 0.309 e. The van der Waals surface area contributed by atoms with Gasteiger partial charge >= 0.3 is 5.97 Å². The SMILES string of the molecule is CCCn1ncc(CN2CCC(C[C@@H]3CC(c4ccccc4F)=NO3)(C(=O)O)CC2)c1C. The largest absolute Gasteiger partial charge is 0.481 e. The van der Waals surface area contributed by atoms with Crippen molar-refractivity contribution in [2.24, 2.45) is 10.6 Å². The molecule has 0 saturated carbocycles. The standard InChI is InChI=1S/C24H31FN4O3/c1-3-10-29-17(2)18(15-26-29)16-28-11-8-24(9-12-28,23(30)31)14-19-13-22(27-32-19)20-6-4-5-7-21(20)25/h4-7,15,19H,3,8-14,16H2,1-2H3,(H,30,31)/t19-/m0/s1. The summed E-state index contributed by atoms with van der Waals surface area (Å²) in [5.74, 6) is -1.12. The van der Waals surface area contributed by atoms with Gasteiger partial charge in [0.15, 0.2) is 0 Å². The molecule has 1 atom stereocenters. The third-order valence-electron chi connectivity index (χ3n) is 6.84. The van der Waals surface area contributed by atoms with E-state index in [2.05, 4.69) is 29.0 Å². The molecule has 0 bridgehead atoms. The average Bonchev–Trinajstić information content (AvgIpc) is 3.37. The van der Waals surface area contributed by atoms with Crippen LogP contribution in [-0.2, 0) is 22.7 Å². The van der Waals surface area contributed by atoms with Gasteiger partial charge in [-0.25, -0.2) is 4.39 Å². The van der Waals surface area contributed by atoms with Gasteiger partial charge in [0.05, 0.1) is 17.3 Å². The molecule has 3 heterocycles. The summed E-state index contributed by atoms with van der Waals surface area (Å²) in [4.78, 5) is 20.1. The molecule has 0 radical (unpaired) electrons. The Morgan fingerprint density at radius 1 is 1.31 bits per heavy atom. The van der Waals surface area contributed by atoms with E-state index in [1.165, 1.54) is 17.3 Å². The molecule has 0 amide bonds. The number of likely N-dealkylation sites (tertiary alicyclic amines) is 1. The van der Waals surface area contributed by atoms with Crippen molar-refractivity contribution in [1.82, 2.24) is 14.7 Å². The Labute approximate surface area is 187 Å². The first-order valence-corrected chi connectivity index (χ1v) is 11.4. The minimum absolute atomic E-state index is 0.339. The summed E-state index contributed by atoms with van der Waals surface area (Å²) in [6.45, 7) is 7.33. The van der Waals surface area contributed by atoms with Crippen LogP contribution in [0.5, 0.6) is 0 Å². The number of oxime groups is 1. The zero-order valence-electron chi connectivity index (χ0n) is 18.8. The number of hydrogen-bond acceptors (Lipinski definition) is 5. The van der Waals surface area contributed by atoms with Gasteiger partial charge in [-0.15, -0.1) is 0 Å². The van der Waals surface area contributed by atoms with E-state index in [-0.39, 0.29) is 11.9 Å². The first kappa shape index (κ1) is 22.5. The fourth-order valence-electron chi connectivity index (χ4n) is 4.79. The third-order valence-corrected chi connectivity index (χ3v) is 6.84. The predicted molar refractivity (Wildman–Crippen MR) is 119 cm³/mol. The molecule has 1 fully saturated rings. The summed E-state index contributed by atoms with van der Waals surface area (Å²) >= 11 is 0. The van der Waals surface area contributed by atoms with Gasteiger partial charge in [0.2, 0.25) is 0 Å². The van der Waals surface area contributed by atoms with E-state index in [4.69, 9.17) is 4.84 Å². The van der Waals surface area contributed by atoms with E-state index in [9.17, 15) is 14.3 Å². The highest BCUT2D eigenvalue weighted by Crippen LogP contribution is 2.39. The van der Waals surface area contributed by atoms with Crippen molar-refractivity contribution in [3.05, 3.63) is 53.1 Å². The van der Waals surface area contributed by atoms with Crippen LogP contribution in [0.4, 0.5) is 4.39 Å². The monoisotopic (exact) mass is 442 g/mol. The average molecular weight is 443 g/mol. The maximum absolute atomic E-state index is 14.1. The van der Waals surface area contributed by atoms with Crippen LogP contribution in [-0.4, -0.2) is 50.7 Å². The molecule has 1 aromatic carbocycles. The van der Waals surface area contributed by atoms with Crippen LogP contribution < -0.4 is 0 Å². The van der Waals surface area contributed by atoms with Crippen molar-refractivity contribution >= 4 is 11.7 Å². The number of piperidine rings is 1. The molecule has 1 aromatic heterocycles. The van der Waals surface area contributed by atoms with Crippen molar-refractivity contribution in [1.29, 1.82) is 0 Å². The molecule has 172 valence electrons. The van der Waals surface area contributed by atoms with E-state index in [0.29, 0.717) is 50.0 Å². The van der Waals surface area contributed by atoms with E-state index < -0.39 is 11.4 Å². The molecule has 32 heavy (non-hydrogen) atoms. The van der Waals surface area contributed by atoms with Gasteiger partial charge in [0, 0.05) is 42.8 Å². The minimum Gasteiger partial charge on any atom is -0.481 e. The highest BCUT2D eigenvalue weighted by molar-refractivity contribution is 6.01. The number of benzene rings is 1. The number of aryl methyl sites for hydroxylation is 1. The molecule has 1 N–H and O–H groups in total. The van der Waals surface area contributed by atoms with Gasteiger partial charge in [-0.1, -0.05) is 30.3 Å². The van der Waals surface area contributed by atoms with Crippen molar-refractivity contribution in [3.63, 3.8) is 0 Å². The lowest BCUT2D eigenvalue weighted by atomic mass is 9.73. The highest BCUT2D eigenvalue weighted by Gasteiger charge is 2.45. The summed E-state index contributed by atoms with van der Waals surface area (Å²) in [7, 11) is 0. The highest BCUT2D eigenvalue weighted by atomic mass is 19.1. The Morgan fingerprint density at radius 3 is 2.75 bits per heavy atom. The zero-order chi connectivity index (χ0) is 22.7. The number of carboxylic acid groups (broad SMARTS) is 1. The number of halogens is 1. The van der Waals surface area contributed by atoms with Gasteiger partial charge in [-0.05, 0) is 45.3 Å². The molecular formula is C24H31FN4O3. The number of rotatable bonds is 8. The second-order valence-corrected chi connectivity index (χ2v) is 8.99. The summed E-state index contributed by atoms with van der Waals surface area (Å²) in [6.07, 6.45) is 4.54. The van der Waals surface area contributed by atoms with Crippen LogP contribution in [0.3, 0.4) is 0 Å². The molecule has 7 nitrogen and oxygen atoms in total. The quantitative estimate of drug-likeness (QED) is 0.669. The maximum atomic E-state index is 14.1. The third kappa shape index (κ3) is 4.55. The van der Waals surface area contributed by atoms with Crippen molar-refractivity contribution in [3.8, 4) is 0 Å². The predicted octanol–water partition coefficient (Wildman–Crippen LogP) is 3.99. The summed E-state index contributed by atoms with van der Waals surface area (Å²) < 4.78 is 16.1. The zero-order valence-corrected chi connectivity index (χ0v) is 18.8. The van der Waals surface area contributed by atoms with Crippen molar-refractivity contribution in [2.75, 3.05) is 13.1 Å². The fourth-order valence-corrected chi connectivity index (χ4v) is 4.79. The van der Waals surface area contributed by atoms with Crippen LogP contribution in [0.15, 0.2) is 35.6 Å². The summed E-state index contributed by atoms with van der Waals surface area (Å²) in [5.41, 5.74) is 2.50. The summed E-state index contributed by atoms with van der Waals surface area (Å²) in [5, 5.41) is 18.6. The van der Waals surface area contributed by atoms with Crippen LogP contribution >= 0.6 is 0 Å². The first-order valence-electron chi connectivity index (χ1n) is 11.4. The van der Waals surface area contributed by atoms with Gasteiger partial charge in [0.25, 0.3) is 0 Å². The van der Waals surface area contributed by atoms with Gasteiger partial charge in [-0.3, -0.25) is 14.4 Å². The molecular weight excluding hydrogens is 411 g/mol. The molecule has 8 heteroatoms. The van der Waals surface area contributed by atoms with Crippen LogP contribution in [0.1, 0.15) is 55.8 Å². The van der Waals surface area contributed by atoms with Crippen molar-refractivity contribution in [2.45, 2.75) is 65.1 Å². The first-order chi connectivity index (χ1) is 15.4. The number of nitrogens with zero attached hydrogens (tertiary/aromatic N) is 4. The molecule has 0 unspecified atom stereocenters. The summed E-state index contributed by atoms with van der Waals surface area (Å²) in [6, 6.07) is 6.47. The van der Waals surface area contributed by atoms with Gasteiger partial charge < -0.3 is 9.94 Å². The van der Waals surface area contributed by atoms with E-state index >= 15 is 0 Å². The fraction of sp³-hybridized carbons (Fsp3) is 0.542. The van der Waals surface area contributed by atoms with Crippen LogP contribution in [0, 0.1) is 18.2 Å².